The van der Waals surface area contributed by atoms with Crippen molar-refractivity contribution in [3.8, 4) is 5.75 Å². The number of halogens is 4. The van der Waals surface area contributed by atoms with E-state index in [9.17, 15) is 18.3 Å². The number of hydrogen-bond donors (Lipinski definition) is 2. The highest BCUT2D eigenvalue weighted by atomic mass is 35.5. The van der Waals surface area contributed by atoms with E-state index in [1.54, 1.807) is 18.2 Å². The minimum absolute atomic E-state index is 0.0130. The molecule has 2 nitrogen and oxygen atoms in total. The smallest absolute Gasteiger partial charge is 0.416 e. The van der Waals surface area contributed by atoms with E-state index in [0.29, 0.717) is 18.7 Å². The highest BCUT2D eigenvalue weighted by Crippen LogP contribution is 2.29. The van der Waals surface area contributed by atoms with Crippen molar-refractivity contribution in [2.75, 3.05) is 0 Å². The molecule has 0 amide bonds. The summed E-state index contributed by atoms with van der Waals surface area (Å²) in [7, 11) is 0. The molecular formula is C15H13ClF3NO. The second kappa shape index (κ2) is 6.37. The first kappa shape index (κ1) is 15.7. The number of aromatic hydroxyl groups is 1. The van der Waals surface area contributed by atoms with Crippen LogP contribution in [0.15, 0.2) is 42.5 Å². The van der Waals surface area contributed by atoms with Crippen molar-refractivity contribution in [2.45, 2.75) is 19.3 Å². The monoisotopic (exact) mass is 315 g/mol. The zero-order valence-corrected chi connectivity index (χ0v) is 11.7. The molecule has 0 atom stereocenters. The van der Waals surface area contributed by atoms with E-state index in [4.69, 9.17) is 11.6 Å². The van der Waals surface area contributed by atoms with Gasteiger partial charge in [0.25, 0.3) is 0 Å². The summed E-state index contributed by atoms with van der Waals surface area (Å²) < 4.78 is 37.3. The molecule has 0 fully saturated rings. The van der Waals surface area contributed by atoms with Crippen molar-refractivity contribution >= 4 is 11.6 Å². The zero-order valence-electron chi connectivity index (χ0n) is 10.9. The van der Waals surface area contributed by atoms with Gasteiger partial charge in [0.15, 0.2) is 0 Å². The number of rotatable bonds is 4. The van der Waals surface area contributed by atoms with Crippen molar-refractivity contribution in [3.05, 3.63) is 64.2 Å². The van der Waals surface area contributed by atoms with Gasteiger partial charge in [-0.1, -0.05) is 35.9 Å². The summed E-state index contributed by atoms with van der Waals surface area (Å²) in [5, 5.41) is 13.0. The van der Waals surface area contributed by atoms with Crippen LogP contribution in [-0.2, 0) is 19.3 Å². The second-order valence-corrected chi connectivity index (χ2v) is 4.95. The van der Waals surface area contributed by atoms with E-state index >= 15 is 0 Å². The lowest BCUT2D eigenvalue weighted by Gasteiger charge is -2.09. The van der Waals surface area contributed by atoms with Gasteiger partial charge in [-0.25, -0.2) is 0 Å². The summed E-state index contributed by atoms with van der Waals surface area (Å²) >= 11 is 5.79. The molecule has 0 unspecified atom stereocenters. The van der Waals surface area contributed by atoms with Crippen LogP contribution in [0.3, 0.4) is 0 Å². The van der Waals surface area contributed by atoms with Gasteiger partial charge in [-0.3, -0.25) is 0 Å². The van der Waals surface area contributed by atoms with Gasteiger partial charge in [-0.05, 0) is 23.8 Å². The first-order valence-corrected chi connectivity index (χ1v) is 6.59. The molecule has 0 radical (unpaired) electrons. The van der Waals surface area contributed by atoms with Crippen molar-refractivity contribution in [2.24, 2.45) is 0 Å². The van der Waals surface area contributed by atoms with Crippen molar-refractivity contribution in [1.82, 2.24) is 5.32 Å². The first-order valence-electron chi connectivity index (χ1n) is 6.21. The molecule has 2 N–H and O–H groups in total. The summed E-state index contributed by atoms with van der Waals surface area (Å²) in [6.45, 7) is 0.761. The number of hydrogen-bond acceptors (Lipinski definition) is 2. The Kier molecular flexibility index (Phi) is 4.75. The summed E-state index contributed by atoms with van der Waals surface area (Å²) in [4.78, 5) is 0. The van der Waals surface area contributed by atoms with Gasteiger partial charge in [0.05, 0.1) is 10.6 Å². The fourth-order valence-electron chi connectivity index (χ4n) is 1.86. The Morgan fingerprint density at radius 1 is 1.00 bits per heavy atom. The number of para-hydroxylation sites is 1. The van der Waals surface area contributed by atoms with Gasteiger partial charge in [0.2, 0.25) is 0 Å². The molecule has 0 aliphatic rings. The molecule has 0 heterocycles. The van der Waals surface area contributed by atoms with E-state index < -0.39 is 11.7 Å². The van der Waals surface area contributed by atoms with Crippen molar-refractivity contribution < 1.29 is 18.3 Å². The normalized spacial score (nSPS) is 11.6. The summed E-state index contributed by atoms with van der Waals surface area (Å²) in [6, 6.07) is 9.97. The first-order chi connectivity index (χ1) is 9.88. The Bertz CT molecular complexity index is 611. The lowest BCUT2D eigenvalue weighted by molar-refractivity contribution is -0.137. The van der Waals surface area contributed by atoms with E-state index in [-0.39, 0.29) is 10.8 Å². The maximum atomic E-state index is 12.4. The fraction of sp³-hybridized carbons (Fsp3) is 0.200. The predicted molar refractivity (Wildman–Crippen MR) is 75.1 cm³/mol. The minimum Gasteiger partial charge on any atom is -0.506 e. The number of phenols is 1. The SMILES string of the molecule is Oc1c(Cl)cccc1CNCc1ccc(C(F)(F)F)cc1. The van der Waals surface area contributed by atoms with E-state index in [1.165, 1.54) is 12.1 Å². The van der Waals surface area contributed by atoms with Crippen molar-refractivity contribution in [3.63, 3.8) is 0 Å². The topological polar surface area (TPSA) is 32.3 Å². The van der Waals surface area contributed by atoms with E-state index in [0.717, 1.165) is 17.7 Å². The molecular weight excluding hydrogens is 303 g/mol. The Hall–Kier alpha value is -1.72. The molecule has 0 bridgehead atoms. The van der Waals surface area contributed by atoms with Crippen molar-refractivity contribution in [1.29, 1.82) is 0 Å². The summed E-state index contributed by atoms with van der Waals surface area (Å²) in [6.07, 6.45) is -4.32. The number of benzene rings is 2. The van der Waals surface area contributed by atoms with Crippen LogP contribution >= 0.6 is 11.6 Å². The third-order valence-electron chi connectivity index (χ3n) is 3.00. The molecule has 0 spiro atoms. The standard InChI is InChI=1S/C15H13ClF3NO/c16-13-3-1-2-11(14(13)21)9-20-8-10-4-6-12(7-5-10)15(17,18)19/h1-7,20-21H,8-9H2. The number of phenolic OH excluding ortho intramolecular Hbond substituents is 1. The summed E-state index contributed by atoms with van der Waals surface area (Å²) in [5.41, 5.74) is 0.692. The molecule has 0 aliphatic carbocycles. The van der Waals surface area contributed by atoms with Crippen LogP contribution < -0.4 is 5.32 Å². The van der Waals surface area contributed by atoms with Crippen LogP contribution in [0.5, 0.6) is 5.75 Å². The zero-order chi connectivity index (χ0) is 15.5. The number of nitrogens with one attached hydrogen (secondary N) is 1. The van der Waals surface area contributed by atoms with E-state index in [1.807, 2.05) is 0 Å². The maximum Gasteiger partial charge on any atom is 0.416 e. The molecule has 112 valence electrons. The highest BCUT2D eigenvalue weighted by molar-refractivity contribution is 6.32. The van der Waals surface area contributed by atoms with Gasteiger partial charge < -0.3 is 10.4 Å². The maximum absolute atomic E-state index is 12.4. The Balaban J connectivity index is 1.93. The molecule has 2 aromatic rings. The average molecular weight is 316 g/mol. The number of alkyl halides is 3. The largest absolute Gasteiger partial charge is 0.506 e. The predicted octanol–water partition coefficient (Wildman–Crippen LogP) is 4.35. The van der Waals surface area contributed by atoms with Crippen LogP contribution in [0, 0.1) is 0 Å². The van der Waals surface area contributed by atoms with Crippen LogP contribution in [0.4, 0.5) is 13.2 Å². The Morgan fingerprint density at radius 3 is 2.29 bits per heavy atom. The van der Waals surface area contributed by atoms with Crippen LogP contribution in [0.1, 0.15) is 16.7 Å². The molecule has 6 heteroatoms. The van der Waals surface area contributed by atoms with Gasteiger partial charge in [-0.15, -0.1) is 0 Å². The third-order valence-corrected chi connectivity index (χ3v) is 3.30. The highest BCUT2D eigenvalue weighted by Gasteiger charge is 2.29. The van der Waals surface area contributed by atoms with Gasteiger partial charge in [0.1, 0.15) is 5.75 Å². The summed E-state index contributed by atoms with van der Waals surface area (Å²) in [5.74, 6) is 0.0130. The molecule has 21 heavy (non-hydrogen) atoms. The lowest BCUT2D eigenvalue weighted by Crippen LogP contribution is -2.13. The molecule has 0 saturated carbocycles. The average Bonchev–Trinajstić information content (AvgIpc) is 2.43. The molecule has 0 saturated heterocycles. The minimum atomic E-state index is -4.32. The van der Waals surface area contributed by atoms with Gasteiger partial charge >= 0.3 is 6.18 Å². The fourth-order valence-corrected chi connectivity index (χ4v) is 2.05. The molecule has 2 rings (SSSR count). The molecule has 0 aromatic heterocycles. The van der Waals surface area contributed by atoms with Gasteiger partial charge in [-0.2, -0.15) is 13.2 Å². The van der Waals surface area contributed by atoms with E-state index in [2.05, 4.69) is 5.32 Å². The lowest BCUT2D eigenvalue weighted by atomic mass is 10.1. The van der Waals surface area contributed by atoms with Gasteiger partial charge in [0, 0.05) is 18.7 Å². The Morgan fingerprint density at radius 2 is 1.67 bits per heavy atom. The Labute approximate surface area is 125 Å². The van der Waals surface area contributed by atoms with Crippen LogP contribution in [0.25, 0.3) is 0 Å². The molecule has 0 aliphatic heterocycles. The molecule has 2 aromatic carbocycles. The second-order valence-electron chi connectivity index (χ2n) is 4.55. The quantitative estimate of drug-likeness (QED) is 0.879. The van der Waals surface area contributed by atoms with Crippen LogP contribution in [-0.4, -0.2) is 5.11 Å². The third kappa shape index (κ3) is 4.12. The van der Waals surface area contributed by atoms with Crippen LogP contribution in [0.2, 0.25) is 5.02 Å².